The van der Waals surface area contributed by atoms with Crippen molar-refractivity contribution in [3.63, 3.8) is 0 Å². The molecule has 2 aromatic carbocycles. The van der Waals surface area contributed by atoms with Gasteiger partial charge in [-0.2, -0.15) is 19.1 Å². The monoisotopic (exact) mass is 371 g/mol. The normalized spacial score (nSPS) is 11.5. The van der Waals surface area contributed by atoms with E-state index in [4.69, 9.17) is 5.11 Å². The Morgan fingerprint density at radius 2 is 2.07 bits per heavy atom. The average Bonchev–Trinajstić information content (AvgIpc) is 2.97. The molecular formula is C19H15F2N3O3. The number of fused-ring (bicyclic) bond motifs is 1. The number of carboxylic acids is 1. The summed E-state index contributed by atoms with van der Waals surface area (Å²) >= 11 is 0. The molecule has 3 aromatic rings. The summed E-state index contributed by atoms with van der Waals surface area (Å²) in [4.78, 5) is 10.9. The molecule has 0 fully saturated rings. The highest BCUT2D eigenvalue weighted by atomic mass is 19.3. The lowest BCUT2D eigenvalue weighted by Crippen LogP contribution is -2.25. The number of hydrogen-bond donors (Lipinski definition) is 2. The lowest BCUT2D eigenvalue weighted by atomic mass is 10.0. The van der Waals surface area contributed by atoms with Crippen molar-refractivity contribution in [2.24, 2.45) is 0 Å². The molecule has 1 aromatic heterocycles. The van der Waals surface area contributed by atoms with Crippen molar-refractivity contribution in [3.8, 4) is 6.07 Å². The Bertz CT molecular complexity index is 1080. The Labute approximate surface area is 152 Å². The number of aromatic nitrogens is 2. The van der Waals surface area contributed by atoms with E-state index in [1.54, 1.807) is 25.1 Å². The van der Waals surface area contributed by atoms with Gasteiger partial charge in [-0.25, -0.2) is 4.79 Å². The number of carboxylic acid groups (broad SMARTS) is 1. The van der Waals surface area contributed by atoms with Gasteiger partial charge in [0.2, 0.25) is 0 Å². The van der Waals surface area contributed by atoms with Gasteiger partial charge in [0.15, 0.2) is 0 Å². The highest BCUT2D eigenvalue weighted by Crippen LogP contribution is 2.32. The number of nitrogens with zero attached hydrogens (tertiary/aromatic N) is 3. The van der Waals surface area contributed by atoms with Crippen molar-refractivity contribution >= 4 is 16.9 Å². The zero-order valence-corrected chi connectivity index (χ0v) is 14.3. The number of nitriles is 1. The van der Waals surface area contributed by atoms with E-state index in [-0.39, 0.29) is 13.2 Å². The largest absolute Gasteiger partial charge is 0.477 e. The first-order valence-corrected chi connectivity index (χ1v) is 8.00. The van der Waals surface area contributed by atoms with Gasteiger partial charge in [0.1, 0.15) is 0 Å². The highest BCUT2D eigenvalue weighted by Gasteiger charge is 2.41. The van der Waals surface area contributed by atoms with E-state index in [1.807, 2.05) is 6.07 Å². The van der Waals surface area contributed by atoms with E-state index in [1.165, 1.54) is 10.7 Å². The molecule has 0 aliphatic carbocycles. The van der Waals surface area contributed by atoms with Crippen LogP contribution in [0.2, 0.25) is 0 Å². The minimum atomic E-state index is -4.03. The van der Waals surface area contributed by atoms with Gasteiger partial charge >= 0.3 is 11.9 Å². The molecule has 0 saturated carbocycles. The number of halogens is 2. The molecule has 0 radical (unpaired) electrons. The van der Waals surface area contributed by atoms with Crippen LogP contribution in [0.15, 0.2) is 36.4 Å². The number of hydrogen-bond acceptors (Lipinski definition) is 4. The van der Waals surface area contributed by atoms with E-state index in [2.05, 4.69) is 5.10 Å². The SMILES string of the molecule is Cc1nn(Cc2c(C#N)cccc2CO)c2cc(C(F)(F)C(=O)O)ccc12. The van der Waals surface area contributed by atoms with Crippen LogP contribution in [-0.4, -0.2) is 26.0 Å². The van der Waals surface area contributed by atoms with Crippen LogP contribution in [-0.2, 0) is 23.9 Å². The van der Waals surface area contributed by atoms with Gasteiger partial charge in [-0.1, -0.05) is 24.3 Å². The maximum atomic E-state index is 13.9. The lowest BCUT2D eigenvalue weighted by Gasteiger charge is -2.13. The molecule has 138 valence electrons. The summed E-state index contributed by atoms with van der Waals surface area (Å²) in [6.45, 7) is 1.49. The van der Waals surface area contributed by atoms with Gasteiger partial charge in [0.25, 0.3) is 0 Å². The third-order valence-corrected chi connectivity index (χ3v) is 4.44. The molecule has 0 aliphatic heterocycles. The van der Waals surface area contributed by atoms with Crippen molar-refractivity contribution in [1.82, 2.24) is 9.78 Å². The molecule has 6 nitrogen and oxygen atoms in total. The highest BCUT2D eigenvalue weighted by molar-refractivity contribution is 5.85. The first-order chi connectivity index (χ1) is 12.8. The predicted molar refractivity (Wildman–Crippen MR) is 92.2 cm³/mol. The van der Waals surface area contributed by atoms with Crippen molar-refractivity contribution in [1.29, 1.82) is 5.26 Å². The maximum Gasteiger partial charge on any atom is 0.379 e. The van der Waals surface area contributed by atoms with Crippen molar-refractivity contribution in [2.75, 3.05) is 0 Å². The molecule has 0 aliphatic rings. The number of aryl methyl sites for hydroxylation is 1. The van der Waals surface area contributed by atoms with Crippen LogP contribution in [0.3, 0.4) is 0 Å². The third-order valence-electron chi connectivity index (χ3n) is 4.44. The van der Waals surface area contributed by atoms with Gasteiger partial charge < -0.3 is 10.2 Å². The molecule has 1 heterocycles. The number of alkyl halides is 2. The predicted octanol–water partition coefficient (Wildman–Crippen LogP) is 2.93. The minimum absolute atomic E-state index is 0.0755. The van der Waals surface area contributed by atoms with Crippen LogP contribution in [0.5, 0.6) is 0 Å². The van der Waals surface area contributed by atoms with Crippen molar-refractivity contribution in [3.05, 3.63) is 64.3 Å². The number of aliphatic hydroxyl groups excluding tert-OH is 1. The fourth-order valence-corrected chi connectivity index (χ4v) is 3.00. The topological polar surface area (TPSA) is 99.1 Å². The van der Waals surface area contributed by atoms with Gasteiger partial charge in [-0.15, -0.1) is 0 Å². The Kier molecular flexibility index (Phi) is 4.64. The lowest BCUT2D eigenvalue weighted by molar-refractivity contribution is -0.166. The van der Waals surface area contributed by atoms with E-state index < -0.39 is 17.5 Å². The Morgan fingerprint density at radius 3 is 2.70 bits per heavy atom. The standard InChI is InChI=1S/C19H15F2N3O3/c1-11-15-6-5-14(19(20,21)18(26)27)7-17(15)24(23-11)9-16-12(8-22)3-2-4-13(16)10-25/h2-7,25H,9-10H2,1H3,(H,26,27). The molecule has 3 rings (SSSR count). The zero-order chi connectivity index (χ0) is 19.8. The fourth-order valence-electron chi connectivity index (χ4n) is 3.00. The first kappa shape index (κ1) is 18.5. The summed E-state index contributed by atoms with van der Waals surface area (Å²) < 4.78 is 29.2. The van der Waals surface area contributed by atoms with Crippen LogP contribution >= 0.6 is 0 Å². The summed E-state index contributed by atoms with van der Waals surface area (Å²) in [5.41, 5.74) is 1.65. The van der Waals surface area contributed by atoms with Crippen LogP contribution in [0, 0.1) is 18.3 Å². The van der Waals surface area contributed by atoms with Crippen molar-refractivity contribution < 1.29 is 23.8 Å². The van der Waals surface area contributed by atoms with Crippen LogP contribution in [0.4, 0.5) is 8.78 Å². The summed E-state index contributed by atoms with van der Waals surface area (Å²) in [6, 6.07) is 10.5. The Hall–Kier alpha value is -3.31. The van der Waals surface area contributed by atoms with E-state index >= 15 is 0 Å². The van der Waals surface area contributed by atoms with E-state index in [0.717, 1.165) is 12.1 Å². The van der Waals surface area contributed by atoms with E-state index in [9.17, 15) is 23.9 Å². The second-order valence-corrected chi connectivity index (χ2v) is 6.07. The quantitative estimate of drug-likeness (QED) is 0.718. The molecule has 2 N–H and O–H groups in total. The summed E-state index contributed by atoms with van der Waals surface area (Å²) in [6.07, 6.45) is 0. The number of carbonyl (C=O) groups is 1. The second-order valence-electron chi connectivity index (χ2n) is 6.07. The molecule has 0 unspecified atom stereocenters. The Morgan fingerprint density at radius 1 is 1.33 bits per heavy atom. The van der Waals surface area contributed by atoms with Crippen LogP contribution in [0.1, 0.15) is 27.9 Å². The third kappa shape index (κ3) is 3.13. The van der Waals surface area contributed by atoms with Gasteiger partial charge in [0.05, 0.1) is 36.0 Å². The molecule has 0 spiro atoms. The number of aliphatic hydroxyl groups is 1. The molecule has 0 amide bonds. The van der Waals surface area contributed by atoms with Crippen molar-refractivity contribution in [2.45, 2.75) is 26.0 Å². The summed E-state index contributed by atoms with van der Waals surface area (Å²) in [5.74, 6) is -6.26. The molecule has 8 heteroatoms. The second kappa shape index (κ2) is 6.78. The van der Waals surface area contributed by atoms with Gasteiger partial charge in [-0.3, -0.25) is 4.68 Å². The number of benzene rings is 2. The summed E-state index contributed by atoms with van der Waals surface area (Å²) in [7, 11) is 0. The van der Waals surface area contributed by atoms with Gasteiger partial charge in [-0.05, 0) is 30.2 Å². The maximum absolute atomic E-state index is 13.9. The summed E-state index contributed by atoms with van der Waals surface area (Å²) in [5, 5.41) is 32.6. The van der Waals surface area contributed by atoms with E-state index in [0.29, 0.717) is 33.3 Å². The van der Waals surface area contributed by atoms with Crippen LogP contribution < -0.4 is 0 Å². The molecule has 27 heavy (non-hydrogen) atoms. The van der Waals surface area contributed by atoms with Gasteiger partial charge in [0, 0.05) is 10.9 Å². The number of rotatable bonds is 5. The first-order valence-electron chi connectivity index (χ1n) is 8.00. The molecular weight excluding hydrogens is 356 g/mol. The zero-order valence-electron chi connectivity index (χ0n) is 14.3. The fraction of sp³-hybridized carbons (Fsp3) is 0.211. The number of aliphatic carboxylic acids is 1. The van der Waals surface area contributed by atoms with Crippen LogP contribution in [0.25, 0.3) is 10.9 Å². The minimum Gasteiger partial charge on any atom is -0.477 e. The smallest absolute Gasteiger partial charge is 0.379 e. The average molecular weight is 371 g/mol. The molecule has 0 bridgehead atoms. The molecule has 0 atom stereocenters. The Balaban J connectivity index is 2.17. The molecule has 0 saturated heterocycles.